The van der Waals surface area contributed by atoms with Crippen molar-refractivity contribution in [1.29, 1.82) is 0 Å². The van der Waals surface area contributed by atoms with Crippen molar-refractivity contribution in [2.75, 3.05) is 0 Å². The van der Waals surface area contributed by atoms with Crippen LogP contribution in [0.2, 0.25) is 0 Å². The molecule has 0 unspecified atom stereocenters. The van der Waals surface area contributed by atoms with Crippen LogP contribution < -0.4 is 0 Å². The first kappa shape index (κ1) is 30.7. The van der Waals surface area contributed by atoms with Crippen molar-refractivity contribution in [2.45, 2.75) is 0 Å². The zero-order valence-electron chi connectivity index (χ0n) is 28.9. The molecular formula is C49H29N3OS. The lowest BCUT2D eigenvalue weighted by Gasteiger charge is -2.10. The Morgan fingerprint density at radius 2 is 0.963 bits per heavy atom. The lowest BCUT2D eigenvalue weighted by Crippen LogP contribution is -2.00. The van der Waals surface area contributed by atoms with Crippen molar-refractivity contribution >= 4 is 64.2 Å². The van der Waals surface area contributed by atoms with Crippen molar-refractivity contribution < 1.29 is 4.42 Å². The minimum atomic E-state index is 0.627. The summed E-state index contributed by atoms with van der Waals surface area (Å²) in [6.07, 6.45) is 0. The summed E-state index contributed by atoms with van der Waals surface area (Å²) in [6, 6.07) is 61.5. The highest BCUT2D eigenvalue weighted by Gasteiger charge is 2.18. The van der Waals surface area contributed by atoms with Crippen LogP contribution >= 0.6 is 11.3 Å². The number of rotatable bonds is 5. The van der Waals surface area contributed by atoms with Gasteiger partial charge in [0.05, 0.1) is 0 Å². The van der Waals surface area contributed by atoms with Gasteiger partial charge in [-0.2, -0.15) is 0 Å². The zero-order chi connectivity index (χ0) is 35.6. The van der Waals surface area contributed by atoms with Crippen LogP contribution in [0.5, 0.6) is 0 Å². The van der Waals surface area contributed by atoms with Gasteiger partial charge in [0.1, 0.15) is 11.2 Å². The topological polar surface area (TPSA) is 51.8 Å². The smallest absolute Gasteiger partial charge is 0.164 e. The van der Waals surface area contributed by atoms with E-state index in [1.807, 2.05) is 18.2 Å². The Kier molecular flexibility index (Phi) is 7.00. The summed E-state index contributed by atoms with van der Waals surface area (Å²) >= 11 is 1.79. The van der Waals surface area contributed by atoms with Crippen molar-refractivity contribution in [3.63, 3.8) is 0 Å². The molecule has 11 aromatic rings. The van der Waals surface area contributed by atoms with Crippen LogP contribution in [-0.4, -0.2) is 15.0 Å². The molecular weight excluding hydrogens is 679 g/mol. The van der Waals surface area contributed by atoms with E-state index in [4.69, 9.17) is 19.4 Å². The molecule has 3 heterocycles. The highest BCUT2D eigenvalue weighted by atomic mass is 32.1. The molecule has 0 radical (unpaired) electrons. The molecule has 5 heteroatoms. The van der Waals surface area contributed by atoms with E-state index < -0.39 is 0 Å². The van der Waals surface area contributed by atoms with Crippen LogP contribution in [0.15, 0.2) is 180 Å². The summed E-state index contributed by atoms with van der Waals surface area (Å²) in [6.45, 7) is 0. The molecule has 0 saturated carbocycles. The van der Waals surface area contributed by atoms with E-state index in [1.165, 1.54) is 36.7 Å². The van der Waals surface area contributed by atoms with Crippen molar-refractivity contribution in [2.24, 2.45) is 0 Å². The molecule has 0 aliphatic heterocycles. The van der Waals surface area contributed by atoms with Crippen LogP contribution in [-0.2, 0) is 0 Å². The lowest BCUT2D eigenvalue weighted by molar-refractivity contribution is 0.673. The maximum atomic E-state index is 6.69. The molecule has 0 N–H and O–H groups in total. The average Bonchev–Trinajstić information content (AvgIpc) is 3.82. The van der Waals surface area contributed by atoms with Crippen LogP contribution in [0, 0.1) is 0 Å². The summed E-state index contributed by atoms with van der Waals surface area (Å²) in [5.41, 5.74) is 9.13. The number of aromatic nitrogens is 3. The van der Waals surface area contributed by atoms with E-state index in [2.05, 4.69) is 158 Å². The molecule has 0 bridgehead atoms. The standard InChI is InChI=1S/C49H29N3OS/c1-3-13-30(14-4-1)40-29-41-36-26-25-33(28-42(36)53-46(41)37-20-8-7-19-35(37)40)32-17-11-18-34(27-32)48-50-47(31-15-5-2-6-16-31)51-49(52-48)39-22-12-24-44-45(39)38-21-9-10-23-43(38)54-44/h1-29H. The number of fused-ring (bicyclic) bond motifs is 8. The van der Waals surface area contributed by atoms with E-state index in [9.17, 15) is 0 Å². The monoisotopic (exact) mass is 707 g/mol. The summed E-state index contributed by atoms with van der Waals surface area (Å²) in [4.78, 5) is 15.3. The molecule has 252 valence electrons. The van der Waals surface area contributed by atoms with E-state index in [-0.39, 0.29) is 0 Å². The van der Waals surface area contributed by atoms with Gasteiger partial charge in [0.15, 0.2) is 17.5 Å². The molecule has 4 nitrogen and oxygen atoms in total. The van der Waals surface area contributed by atoms with E-state index in [0.717, 1.165) is 55.1 Å². The van der Waals surface area contributed by atoms with Crippen LogP contribution in [0.4, 0.5) is 0 Å². The number of hydrogen-bond acceptors (Lipinski definition) is 5. The fourth-order valence-electron chi connectivity index (χ4n) is 7.77. The quantitative estimate of drug-likeness (QED) is 0.179. The third-order valence-corrected chi connectivity index (χ3v) is 11.5. The molecule has 0 atom stereocenters. The number of benzene rings is 8. The second kappa shape index (κ2) is 12.3. The van der Waals surface area contributed by atoms with E-state index >= 15 is 0 Å². The normalized spacial score (nSPS) is 11.7. The molecule has 3 aromatic heterocycles. The van der Waals surface area contributed by atoms with Gasteiger partial charge in [0, 0.05) is 53.0 Å². The summed E-state index contributed by atoms with van der Waals surface area (Å²) in [5.74, 6) is 1.93. The maximum Gasteiger partial charge on any atom is 0.164 e. The van der Waals surface area contributed by atoms with Gasteiger partial charge in [-0.3, -0.25) is 0 Å². The summed E-state index contributed by atoms with van der Waals surface area (Å²) in [5, 5.41) is 6.88. The number of thiophene rings is 1. The summed E-state index contributed by atoms with van der Waals surface area (Å²) < 4.78 is 9.15. The molecule has 0 aliphatic carbocycles. The van der Waals surface area contributed by atoms with Crippen molar-refractivity contribution in [1.82, 2.24) is 15.0 Å². The van der Waals surface area contributed by atoms with Gasteiger partial charge in [0.25, 0.3) is 0 Å². The molecule has 0 fully saturated rings. The third kappa shape index (κ3) is 5.01. The Balaban J connectivity index is 1.06. The van der Waals surface area contributed by atoms with Crippen molar-refractivity contribution in [3.05, 3.63) is 176 Å². The first-order chi connectivity index (χ1) is 26.7. The Morgan fingerprint density at radius 3 is 1.80 bits per heavy atom. The average molecular weight is 708 g/mol. The second-order valence-corrected chi connectivity index (χ2v) is 14.6. The van der Waals surface area contributed by atoms with Gasteiger partial charge in [-0.15, -0.1) is 11.3 Å². The summed E-state index contributed by atoms with van der Waals surface area (Å²) in [7, 11) is 0. The Hall–Kier alpha value is -6.95. The lowest BCUT2D eigenvalue weighted by atomic mass is 9.95. The van der Waals surface area contributed by atoms with Crippen LogP contribution in [0.1, 0.15) is 0 Å². The second-order valence-electron chi connectivity index (χ2n) is 13.6. The molecule has 0 aliphatic rings. The zero-order valence-corrected chi connectivity index (χ0v) is 29.7. The van der Waals surface area contributed by atoms with Gasteiger partial charge in [0.2, 0.25) is 0 Å². The molecule has 8 aromatic carbocycles. The number of furan rings is 1. The minimum absolute atomic E-state index is 0.627. The number of hydrogen-bond donors (Lipinski definition) is 0. The SMILES string of the molecule is c1ccc(-c2nc(-c3cccc(-c4ccc5c(c4)oc4c6ccccc6c(-c6ccccc6)cc54)c3)nc(-c3cccc4sc5ccccc5c34)n2)cc1. The van der Waals surface area contributed by atoms with E-state index in [1.54, 1.807) is 11.3 Å². The minimum Gasteiger partial charge on any atom is -0.455 e. The van der Waals surface area contributed by atoms with Gasteiger partial charge in [-0.25, -0.2) is 15.0 Å². The molecule has 0 spiro atoms. The fourth-order valence-corrected chi connectivity index (χ4v) is 8.91. The maximum absolute atomic E-state index is 6.69. The van der Waals surface area contributed by atoms with Gasteiger partial charge in [-0.1, -0.05) is 140 Å². The first-order valence-corrected chi connectivity index (χ1v) is 18.8. The van der Waals surface area contributed by atoms with E-state index in [0.29, 0.717) is 17.5 Å². The Bertz CT molecular complexity index is 3220. The van der Waals surface area contributed by atoms with Gasteiger partial charge >= 0.3 is 0 Å². The fraction of sp³-hybridized carbons (Fsp3) is 0. The largest absolute Gasteiger partial charge is 0.455 e. The highest BCUT2D eigenvalue weighted by Crippen LogP contribution is 2.42. The Labute approximate surface area is 314 Å². The highest BCUT2D eigenvalue weighted by molar-refractivity contribution is 7.25. The molecule has 54 heavy (non-hydrogen) atoms. The van der Waals surface area contributed by atoms with Crippen LogP contribution in [0.25, 0.3) is 109 Å². The number of nitrogens with zero attached hydrogens (tertiary/aromatic N) is 3. The van der Waals surface area contributed by atoms with Crippen LogP contribution in [0.3, 0.4) is 0 Å². The molecule has 0 amide bonds. The van der Waals surface area contributed by atoms with Gasteiger partial charge in [-0.05, 0) is 64.0 Å². The first-order valence-electron chi connectivity index (χ1n) is 18.0. The van der Waals surface area contributed by atoms with Crippen molar-refractivity contribution in [3.8, 4) is 56.4 Å². The van der Waals surface area contributed by atoms with Gasteiger partial charge < -0.3 is 4.42 Å². The third-order valence-electron chi connectivity index (χ3n) is 10.3. The predicted molar refractivity (Wildman–Crippen MR) is 225 cm³/mol. The molecule has 11 rings (SSSR count). The molecule has 0 saturated heterocycles. The predicted octanol–water partition coefficient (Wildman–Crippen LogP) is 13.6. The Morgan fingerprint density at radius 1 is 0.352 bits per heavy atom.